The summed E-state index contributed by atoms with van der Waals surface area (Å²) < 4.78 is 37.4. The largest absolute Gasteiger partial charge is 0.434 e. The van der Waals surface area contributed by atoms with Gasteiger partial charge >= 0.3 is 6.18 Å². The van der Waals surface area contributed by atoms with Crippen LogP contribution in [0.1, 0.15) is 23.7 Å². The number of benzene rings is 1. The summed E-state index contributed by atoms with van der Waals surface area (Å²) in [6, 6.07) is 8.47. The Balaban J connectivity index is 1.86. The number of carbonyl (C=O) groups is 1. The first-order valence-corrected chi connectivity index (χ1v) is 7.35. The van der Waals surface area contributed by atoms with E-state index in [-0.39, 0.29) is 12.5 Å². The average molecular weight is 329 g/mol. The van der Waals surface area contributed by atoms with Gasteiger partial charge in [-0.2, -0.15) is 13.2 Å². The van der Waals surface area contributed by atoms with Gasteiger partial charge < -0.3 is 5.32 Å². The van der Waals surface area contributed by atoms with Crippen LogP contribution in [0.25, 0.3) is 0 Å². The highest BCUT2D eigenvalue weighted by atomic mass is 32.1. The molecule has 1 aromatic carbocycles. The van der Waals surface area contributed by atoms with Crippen molar-refractivity contribution in [2.75, 3.05) is 11.9 Å². The topological polar surface area (TPSA) is 54.0 Å². The number of amides is 1. The molecule has 0 saturated heterocycles. The van der Waals surface area contributed by atoms with E-state index in [4.69, 9.17) is 0 Å². The van der Waals surface area contributed by atoms with Crippen LogP contribution in [0.4, 0.5) is 18.9 Å². The van der Waals surface area contributed by atoms with Gasteiger partial charge in [0.05, 0.1) is 12.6 Å². The smallest absolute Gasteiger partial charge is 0.325 e. The number of alkyl halides is 3. The lowest BCUT2D eigenvalue weighted by molar-refractivity contribution is -0.140. The van der Waals surface area contributed by atoms with Crippen LogP contribution in [0.2, 0.25) is 0 Å². The van der Waals surface area contributed by atoms with Crippen LogP contribution in [0.5, 0.6) is 0 Å². The number of aromatic nitrogens is 1. The maximum Gasteiger partial charge on any atom is 0.434 e. The van der Waals surface area contributed by atoms with E-state index in [0.717, 1.165) is 16.7 Å². The lowest BCUT2D eigenvalue weighted by atomic mass is 10.3. The minimum absolute atomic E-state index is 0.0169. The third kappa shape index (κ3) is 4.54. The van der Waals surface area contributed by atoms with Gasteiger partial charge in [-0.15, -0.1) is 11.3 Å². The number of anilines is 1. The van der Waals surface area contributed by atoms with Crippen molar-refractivity contribution < 1.29 is 18.0 Å². The van der Waals surface area contributed by atoms with E-state index in [0.29, 0.717) is 10.7 Å². The molecule has 0 bridgehead atoms. The van der Waals surface area contributed by atoms with Crippen molar-refractivity contribution in [2.24, 2.45) is 0 Å². The van der Waals surface area contributed by atoms with Gasteiger partial charge in [0.1, 0.15) is 5.01 Å². The summed E-state index contributed by atoms with van der Waals surface area (Å²) in [5, 5.41) is 6.79. The summed E-state index contributed by atoms with van der Waals surface area (Å²) in [4.78, 5) is 15.3. The molecule has 0 spiro atoms. The Morgan fingerprint density at radius 2 is 2.00 bits per heavy atom. The van der Waals surface area contributed by atoms with Crippen molar-refractivity contribution in [3.63, 3.8) is 0 Å². The molecule has 1 atom stereocenters. The van der Waals surface area contributed by atoms with Crippen molar-refractivity contribution in [1.29, 1.82) is 0 Å². The predicted molar refractivity (Wildman–Crippen MR) is 78.6 cm³/mol. The number of thiazole rings is 1. The Hall–Kier alpha value is -1.93. The number of halogens is 3. The van der Waals surface area contributed by atoms with E-state index in [1.807, 2.05) is 6.07 Å². The van der Waals surface area contributed by atoms with E-state index in [9.17, 15) is 18.0 Å². The Labute approximate surface area is 129 Å². The van der Waals surface area contributed by atoms with Crippen LogP contribution in [-0.4, -0.2) is 17.4 Å². The van der Waals surface area contributed by atoms with E-state index in [1.165, 1.54) is 0 Å². The number of hydrogen-bond acceptors (Lipinski definition) is 4. The Kier molecular flexibility index (Phi) is 5.15. The van der Waals surface area contributed by atoms with Crippen LogP contribution < -0.4 is 10.6 Å². The van der Waals surface area contributed by atoms with E-state index in [1.54, 1.807) is 31.2 Å². The zero-order valence-corrected chi connectivity index (χ0v) is 12.5. The van der Waals surface area contributed by atoms with Crippen LogP contribution >= 0.6 is 11.3 Å². The van der Waals surface area contributed by atoms with Crippen LogP contribution in [-0.2, 0) is 11.0 Å². The second-order valence-electron chi connectivity index (χ2n) is 4.59. The number of para-hydroxylation sites is 1. The minimum Gasteiger partial charge on any atom is -0.325 e. The molecule has 0 aliphatic heterocycles. The molecule has 0 radical (unpaired) electrons. The number of nitrogens with one attached hydrogen (secondary N) is 2. The highest BCUT2D eigenvalue weighted by Crippen LogP contribution is 2.31. The van der Waals surface area contributed by atoms with Crippen molar-refractivity contribution in [3.8, 4) is 0 Å². The fraction of sp³-hybridized carbons (Fsp3) is 0.286. The second-order valence-corrected chi connectivity index (χ2v) is 5.48. The highest BCUT2D eigenvalue weighted by molar-refractivity contribution is 7.09. The van der Waals surface area contributed by atoms with Crippen LogP contribution in [0, 0.1) is 0 Å². The molecule has 22 heavy (non-hydrogen) atoms. The van der Waals surface area contributed by atoms with Gasteiger partial charge in [0.25, 0.3) is 0 Å². The Morgan fingerprint density at radius 1 is 1.32 bits per heavy atom. The van der Waals surface area contributed by atoms with Crippen LogP contribution in [0.15, 0.2) is 35.7 Å². The third-order valence-corrected chi connectivity index (χ3v) is 3.84. The molecule has 1 aromatic heterocycles. The van der Waals surface area contributed by atoms with E-state index >= 15 is 0 Å². The van der Waals surface area contributed by atoms with Crippen LogP contribution in [0.3, 0.4) is 0 Å². The molecule has 0 aliphatic carbocycles. The lowest BCUT2D eigenvalue weighted by Crippen LogP contribution is -2.30. The quantitative estimate of drug-likeness (QED) is 0.883. The fourth-order valence-electron chi connectivity index (χ4n) is 1.68. The summed E-state index contributed by atoms with van der Waals surface area (Å²) in [5.41, 5.74) is -0.245. The maximum atomic E-state index is 12.5. The van der Waals surface area contributed by atoms with Gasteiger partial charge in [-0.1, -0.05) is 18.2 Å². The van der Waals surface area contributed by atoms with Crippen molar-refractivity contribution in [2.45, 2.75) is 19.1 Å². The summed E-state index contributed by atoms with van der Waals surface area (Å²) in [7, 11) is 0. The molecule has 1 amide bonds. The first-order chi connectivity index (χ1) is 10.4. The SMILES string of the molecule is CC(NCC(=O)Nc1ccccc1)c1nc(C(F)(F)F)cs1. The minimum atomic E-state index is -4.45. The lowest BCUT2D eigenvalue weighted by Gasteiger charge is -2.11. The summed E-state index contributed by atoms with van der Waals surface area (Å²) in [5.74, 6) is -0.273. The standard InChI is InChI=1S/C14H14F3N3OS/c1-9(13-20-11(8-22-13)14(15,16)17)18-7-12(21)19-10-5-3-2-4-6-10/h2-6,8-9,18H,7H2,1H3,(H,19,21). The molecule has 1 unspecified atom stereocenters. The molecule has 118 valence electrons. The van der Waals surface area contributed by atoms with Gasteiger partial charge in [-0.05, 0) is 19.1 Å². The zero-order chi connectivity index (χ0) is 16.2. The van der Waals surface area contributed by atoms with Gasteiger partial charge in [0.2, 0.25) is 5.91 Å². The van der Waals surface area contributed by atoms with Gasteiger partial charge in [0, 0.05) is 11.1 Å². The molecule has 0 fully saturated rings. The van der Waals surface area contributed by atoms with Crippen molar-refractivity contribution in [1.82, 2.24) is 10.3 Å². The third-order valence-electron chi connectivity index (χ3n) is 2.81. The first-order valence-electron chi connectivity index (χ1n) is 6.47. The Morgan fingerprint density at radius 3 is 2.59 bits per heavy atom. The summed E-state index contributed by atoms with van der Waals surface area (Å²) >= 11 is 0.915. The summed E-state index contributed by atoms with van der Waals surface area (Å²) in [6.45, 7) is 1.64. The number of carbonyl (C=O) groups excluding carboxylic acids is 1. The number of hydrogen-bond donors (Lipinski definition) is 2. The van der Waals surface area contributed by atoms with Crippen molar-refractivity contribution >= 4 is 22.9 Å². The normalized spacial score (nSPS) is 12.9. The zero-order valence-electron chi connectivity index (χ0n) is 11.6. The number of rotatable bonds is 5. The molecule has 0 saturated carbocycles. The van der Waals surface area contributed by atoms with Gasteiger partial charge in [-0.3, -0.25) is 10.1 Å². The molecule has 2 rings (SSSR count). The van der Waals surface area contributed by atoms with Gasteiger partial charge in [0.15, 0.2) is 5.69 Å². The van der Waals surface area contributed by atoms with E-state index < -0.39 is 17.9 Å². The molecule has 4 nitrogen and oxygen atoms in total. The molecule has 8 heteroatoms. The summed E-state index contributed by atoms with van der Waals surface area (Å²) in [6.07, 6.45) is -4.45. The molecule has 1 heterocycles. The number of nitrogens with zero attached hydrogens (tertiary/aromatic N) is 1. The molecular weight excluding hydrogens is 315 g/mol. The highest BCUT2D eigenvalue weighted by Gasteiger charge is 2.34. The second kappa shape index (κ2) is 6.89. The van der Waals surface area contributed by atoms with E-state index in [2.05, 4.69) is 15.6 Å². The molecule has 0 aliphatic rings. The average Bonchev–Trinajstić information content (AvgIpc) is 2.96. The van der Waals surface area contributed by atoms with Gasteiger partial charge in [-0.25, -0.2) is 4.98 Å². The van der Waals surface area contributed by atoms with Crippen molar-refractivity contribution in [3.05, 3.63) is 46.4 Å². The molecule has 2 aromatic rings. The molecule has 2 N–H and O–H groups in total. The first kappa shape index (κ1) is 16.4. The molecular formula is C14H14F3N3OS. The maximum absolute atomic E-state index is 12.5. The monoisotopic (exact) mass is 329 g/mol. The predicted octanol–water partition coefficient (Wildman–Crippen LogP) is 3.45. The fourth-order valence-corrected chi connectivity index (χ4v) is 2.53. The Bertz CT molecular complexity index is 628.